The number of halogens is 1. The number of anilines is 1. The van der Waals surface area contributed by atoms with E-state index in [0.717, 1.165) is 16.8 Å². The van der Waals surface area contributed by atoms with Crippen LogP contribution in [0.15, 0.2) is 54.6 Å². The van der Waals surface area contributed by atoms with Gasteiger partial charge >= 0.3 is 0 Å². The molecule has 0 aliphatic carbocycles. The van der Waals surface area contributed by atoms with Crippen LogP contribution in [0.4, 0.5) is 10.2 Å². The van der Waals surface area contributed by atoms with Crippen molar-refractivity contribution >= 4 is 5.82 Å². The average molecular weight is 282 g/mol. The van der Waals surface area contributed by atoms with Gasteiger partial charge in [0.15, 0.2) is 0 Å². The summed E-state index contributed by atoms with van der Waals surface area (Å²) in [5.74, 6) is 0.231. The third-order valence-corrected chi connectivity index (χ3v) is 3.32. The summed E-state index contributed by atoms with van der Waals surface area (Å²) in [6.45, 7) is 0.404. The zero-order valence-corrected chi connectivity index (χ0v) is 11.3. The van der Waals surface area contributed by atoms with E-state index >= 15 is 0 Å². The molecular weight excluding hydrogens is 267 g/mol. The molecule has 0 unspecified atom stereocenters. The smallest absolute Gasteiger partial charge is 0.127 e. The lowest BCUT2D eigenvalue weighted by atomic mass is 10.1. The van der Waals surface area contributed by atoms with Crippen LogP contribution in [0.1, 0.15) is 5.56 Å². The van der Waals surface area contributed by atoms with Crippen LogP contribution in [0.5, 0.6) is 0 Å². The van der Waals surface area contributed by atoms with Gasteiger partial charge in [0.25, 0.3) is 0 Å². The standard InChI is InChI=1S/C16H15FN4/c17-13-7-5-11(6-8-13)14-9-16(19)21(20-14)15-4-2-1-3-12(15)10-18/h1-9H,10,18-19H2. The average Bonchev–Trinajstić information content (AvgIpc) is 2.89. The van der Waals surface area contributed by atoms with Crippen molar-refractivity contribution in [3.63, 3.8) is 0 Å². The molecule has 2 aromatic carbocycles. The molecule has 0 spiro atoms. The first-order valence-corrected chi connectivity index (χ1v) is 6.59. The Labute approximate surface area is 121 Å². The number of nitrogens with zero attached hydrogens (tertiary/aromatic N) is 2. The van der Waals surface area contributed by atoms with E-state index in [1.807, 2.05) is 24.3 Å². The Bertz CT molecular complexity index is 762. The maximum absolute atomic E-state index is 13.0. The Morgan fingerprint density at radius 2 is 1.76 bits per heavy atom. The van der Waals surface area contributed by atoms with E-state index in [0.29, 0.717) is 18.1 Å². The number of hydrogen-bond acceptors (Lipinski definition) is 3. The van der Waals surface area contributed by atoms with Crippen LogP contribution in [-0.2, 0) is 6.54 Å². The fourth-order valence-corrected chi connectivity index (χ4v) is 2.24. The molecule has 1 heterocycles. The molecule has 0 aliphatic rings. The number of rotatable bonds is 3. The summed E-state index contributed by atoms with van der Waals surface area (Å²) in [7, 11) is 0. The molecule has 3 aromatic rings. The Kier molecular flexibility index (Phi) is 3.41. The minimum absolute atomic E-state index is 0.278. The molecule has 0 fully saturated rings. The molecule has 3 rings (SSSR count). The quantitative estimate of drug-likeness (QED) is 0.776. The minimum atomic E-state index is -0.278. The molecule has 0 radical (unpaired) electrons. The normalized spacial score (nSPS) is 10.8. The minimum Gasteiger partial charge on any atom is -0.384 e. The van der Waals surface area contributed by atoms with E-state index < -0.39 is 0 Å². The first-order valence-electron chi connectivity index (χ1n) is 6.59. The molecule has 0 amide bonds. The largest absolute Gasteiger partial charge is 0.384 e. The lowest BCUT2D eigenvalue weighted by Gasteiger charge is -2.08. The summed E-state index contributed by atoms with van der Waals surface area (Å²) in [6.07, 6.45) is 0. The second-order valence-electron chi connectivity index (χ2n) is 4.71. The molecule has 0 bridgehead atoms. The van der Waals surface area contributed by atoms with Gasteiger partial charge in [0.1, 0.15) is 11.6 Å². The summed E-state index contributed by atoms with van der Waals surface area (Å²) in [5.41, 5.74) is 15.1. The highest BCUT2D eigenvalue weighted by Crippen LogP contribution is 2.24. The highest BCUT2D eigenvalue weighted by Gasteiger charge is 2.11. The van der Waals surface area contributed by atoms with E-state index in [9.17, 15) is 4.39 Å². The first kappa shape index (κ1) is 13.3. The van der Waals surface area contributed by atoms with E-state index in [-0.39, 0.29) is 5.82 Å². The molecule has 21 heavy (non-hydrogen) atoms. The lowest BCUT2D eigenvalue weighted by Crippen LogP contribution is -2.07. The highest BCUT2D eigenvalue weighted by molar-refractivity contribution is 5.64. The highest BCUT2D eigenvalue weighted by atomic mass is 19.1. The van der Waals surface area contributed by atoms with Crippen LogP contribution in [0, 0.1) is 5.82 Å². The van der Waals surface area contributed by atoms with Gasteiger partial charge in [-0.1, -0.05) is 18.2 Å². The second-order valence-corrected chi connectivity index (χ2v) is 4.71. The van der Waals surface area contributed by atoms with Gasteiger partial charge in [0.2, 0.25) is 0 Å². The monoisotopic (exact) mass is 282 g/mol. The summed E-state index contributed by atoms with van der Waals surface area (Å²) in [6, 6.07) is 15.6. The van der Waals surface area contributed by atoms with E-state index in [1.165, 1.54) is 12.1 Å². The van der Waals surface area contributed by atoms with Gasteiger partial charge in [-0.2, -0.15) is 5.10 Å². The van der Waals surface area contributed by atoms with Crippen molar-refractivity contribution in [3.05, 3.63) is 66.0 Å². The van der Waals surface area contributed by atoms with Crippen molar-refractivity contribution in [2.75, 3.05) is 5.73 Å². The summed E-state index contributed by atoms with van der Waals surface area (Å²) in [5, 5.41) is 4.50. The molecule has 5 heteroatoms. The van der Waals surface area contributed by atoms with Crippen molar-refractivity contribution in [2.45, 2.75) is 6.54 Å². The number of para-hydroxylation sites is 1. The number of nitrogens with two attached hydrogens (primary N) is 2. The van der Waals surface area contributed by atoms with Gasteiger partial charge in [0, 0.05) is 18.2 Å². The Morgan fingerprint density at radius 3 is 2.48 bits per heavy atom. The van der Waals surface area contributed by atoms with Crippen molar-refractivity contribution in [1.82, 2.24) is 9.78 Å². The molecule has 4 N–H and O–H groups in total. The van der Waals surface area contributed by atoms with Gasteiger partial charge in [-0.15, -0.1) is 0 Å². The third kappa shape index (κ3) is 2.51. The Hall–Kier alpha value is -2.66. The maximum atomic E-state index is 13.0. The topological polar surface area (TPSA) is 69.9 Å². The molecule has 0 aliphatic heterocycles. The third-order valence-electron chi connectivity index (χ3n) is 3.32. The molecular formula is C16H15FN4. The fraction of sp³-hybridized carbons (Fsp3) is 0.0625. The molecule has 0 saturated heterocycles. The van der Waals surface area contributed by atoms with Gasteiger partial charge in [-0.05, 0) is 35.9 Å². The Balaban J connectivity index is 2.07. The van der Waals surface area contributed by atoms with E-state index in [2.05, 4.69) is 5.10 Å². The van der Waals surface area contributed by atoms with E-state index in [1.54, 1.807) is 22.9 Å². The van der Waals surface area contributed by atoms with Crippen LogP contribution in [0.25, 0.3) is 16.9 Å². The van der Waals surface area contributed by atoms with Crippen LogP contribution in [0.3, 0.4) is 0 Å². The summed E-state index contributed by atoms with van der Waals surface area (Å²) in [4.78, 5) is 0. The van der Waals surface area contributed by atoms with Crippen molar-refractivity contribution in [2.24, 2.45) is 5.73 Å². The lowest BCUT2D eigenvalue weighted by molar-refractivity contribution is 0.628. The summed E-state index contributed by atoms with van der Waals surface area (Å²) >= 11 is 0. The Morgan fingerprint density at radius 1 is 1.05 bits per heavy atom. The predicted molar refractivity (Wildman–Crippen MR) is 81.3 cm³/mol. The molecule has 0 saturated carbocycles. The number of hydrogen-bond donors (Lipinski definition) is 2. The van der Waals surface area contributed by atoms with Crippen molar-refractivity contribution < 1.29 is 4.39 Å². The zero-order chi connectivity index (χ0) is 14.8. The van der Waals surface area contributed by atoms with Gasteiger partial charge < -0.3 is 11.5 Å². The van der Waals surface area contributed by atoms with Crippen molar-refractivity contribution in [1.29, 1.82) is 0 Å². The van der Waals surface area contributed by atoms with Crippen LogP contribution in [0.2, 0.25) is 0 Å². The van der Waals surface area contributed by atoms with Crippen molar-refractivity contribution in [3.8, 4) is 16.9 Å². The van der Waals surface area contributed by atoms with Gasteiger partial charge in [0.05, 0.1) is 11.4 Å². The van der Waals surface area contributed by atoms with E-state index in [4.69, 9.17) is 11.5 Å². The molecule has 1 aromatic heterocycles. The first-order chi connectivity index (χ1) is 10.2. The summed E-state index contributed by atoms with van der Waals surface area (Å²) < 4.78 is 14.6. The second kappa shape index (κ2) is 5.38. The predicted octanol–water partition coefficient (Wildman–Crippen LogP) is 2.72. The maximum Gasteiger partial charge on any atom is 0.127 e. The zero-order valence-electron chi connectivity index (χ0n) is 11.3. The fourth-order valence-electron chi connectivity index (χ4n) is 2.24. The van der Waals surface area contributed by atoms with Crippen LogP contribution >= 0.6 is 0 Å². The number of benzene rings is 2. The molecule has 0 atom stereocenters. The van der Waals surface area contributed by atoms with Crippen LogP contribution < -0.4 is 11.5 Å². The number of aromatic nitrogens is 2. The SMILES string of the molecule is NCc1ccccc1-n1nc(-c2ccc(F)cc2)cc1N. The molecule has 106 valence electrons. The molecule has 4 nitrogen and oxygen atoms in total. The number of nitrogen functional groups attached to an aromatic ring is 1. The van der Waals surface area contributed by atoms with Gasteiger partial charge in [-0.3, -0.25) is 0 Å². The van der Waals surface area contributed by atoms with Crippen LogP contribution in [-0.4, -0.2) is 9.78 Å². The van der Waals surface area contributed by atoms with Gasteiger partial charge in [-0.25, -0.2) is 9.07 Å².